The van der Waals surface area contributed by atoms with Crippen LogP contribution in [0.25, 0.3) is 0 Å². The van der Waals surface area contributed by atoms with Crippen molar-refractivity contribution in [2.24, 2.45) is 0 Å². The van der Waals surface area contributed by atoms with Crippen LogP contribution in [0.2, 0.25) is 0 Å². The predicted octanol–water partition coefficient (Wildman–Crippen LogP) is 0.484. The number of nitrogen functional groups attached to an aromatic ring is 1. The molecule has 0 aliphatic carbocycles. The van der Waals surface area contributed by atoms with Gasteiger partial charge < -0.3 is 11.1 Å². The molecule has 0 radical (unpaired) electrons. The minimum atomic E-state index is -3.14. The summed E-state index contributed by atoms with van der Waals surface area (Å²) in [5, 5.41) is 12.7. The van der Waals surface area contributed by atoms with E-state index in [1.807, 2.05) is 0 Å². The first-order valence-electron chi connectivity index (χ1n) is 6.35. The van der Waals surface area contributed by atoms with Crippen molar-refractivity contribution >= 4 is 27.1 Å². The molecule has 1 saturated heterocycles. The molecule has 1 aromatic rings. The van der Waals surface area contributed by atoms with E-state index in [2.05, 4.69) is 5.32 Å². The summed E-state index contributed by atoms with van der Waals surface area (Å²) in [6.45, 7) is 0.0132. The minimum Gasteiger partial charge on any atom is -0.393 e. The Bertz CT molecular complexity index is 686. The summed E-state index contributed by atoms with van der Waals surface area (Å²) >= 11 is 0. The molecule has 1 amide bonds. The molecule has 1 heterocycles. The molecule has 21 heavy (non-hydrogen) atoms. The number of hydrogen-bond acceptors (Lipinski definition) is 6. The third-order valence-corrected chi connectivity index (χ3v) is 5.72. The van der Waals surface area contributed by atoms with E-state index < -0.39 is 25.9 Å². The van der Waals surface area contributed by atoms with Gasteiger partial charge in [-0.15, -0.1) is 0 Å². The number of anilines is 1. The molecule has 1 aromatic carbocycles. The number of carbonyl (C=O) groups is 1. The molecule has 1 aliphatic heterocycles. The third-order valence-electron chi connectivity index (χ3n) is 3.44. The second kappa shape index (κ2) is 5.68. The smallest absolute Gasteiger partial charge is 0.292 e. The van der Waals surface area contributed by atoms with Crippen LogP contribution in [0.5, 0.6) is 0 Å². The monoisotopic (exact) mass is 313 g/mol. The molecule has 1 aliphatic rings. The van der Waals surface area contributed by atoms with Gasteiger partial charge in [0.05, 0.1) is 15.9 Å². The van der Waals surface area contributed by atoms with Crippen LogP contribution in [0.15, 0.2) is 18.2 Å². The summed E-state index contributed by atoms with van der Waals surface area (Å²) in [5.41, 5.74) is 5.14. The van der Waals surface area contributed by atoms with Crippen molar-refractivity contribution < 1.29 is 18.1 Å². The average Bonchev–Trinajstić information content (AvgIpc) is 2.75. The van der Waals surface area contributed by atoms with E-state index in [0.29, 0.717) is 12.8 Å². The number of amides is 1. The Balaban J connectivity index is 2.07. The highest BCUT2D eigenvalue weighted by atomic mass is 32.2. The molecule has 8 nitrogen and oxygen atoms in total. The zero-order valence-electron chi connectivity index (χ0n) is 11.1. The second-order valence-corrected chi connectivity index (χ2v) is 7.27. The van der Waals surface area contributed by atoms with Crippen molar-refractivity contribution in [1.82, 2.24) is 5.32 Å². The maximum absolute atomic E-state index is 11.9. The Morgan fingerprint density at radius 2 is 2.19 bits per heavy atom. The number of nitro benzene ring substituents is 1. The summed E-state index contributed by atoms with van der Waals surface area (Å²) in [6, 6.07) is 3.72. The molecule has 1 atom stereocenters. The highest BCUT2D eigenvalue weighted by molar-refractivity contribution is 7.92. The van der Waals surface area contributed by atoms with E-state index in [-0.39, 0.29) is 29.2 Å². The van der Waals surface area contributed by atoms with Gasteiger partial charge in [0.15, 0.2) is 9.84 Å². The molecule has 2 rings (SSSR count). The third kappa shape index (κ3) is 3.30. The van der Waals surface area contributed by atoms with Crippen LogP contribution < -0.4 is 11.1 Å². The molecule has 1 unspecified atom stereocenters. The number of nitrogens with zero attached hydrogens (tertiary/aromatic N) is 1. The lowest BCUT2D eigenvalue weighted by Gasteiger charge is -2.11. The number of nitro groups is 1. The van der Waals surface area contributed by atoms with Crippen LogP contribution in [0.1, 0.15) is 23.2 Å². The van der Waals surface area contributed by atoms with Gasteiger partial charge in [0.2, 0.25) is 0 Å². The van der Waals surface area contributed by atoms with Gasteiger partial charge in [0.1, 0.15) is 5.69 Å². The summed E-state index contributed by atoms with van der Waals surface area (Å²) in [5.74, 6) is -0.416. The fraction of sp³-hybridized carbons (Fsp3) is 0.417. The lowest BCUT2D eigenvalue weighted by atomic mass is 10.1. The van der Waals surface area contributed by atoms with Gasteiger partial charge in [-0.1, -0.05) is 0 Å². The summed E-state index contributed by atoms with van der Waals surface area (Å²) in [7, 11) is -3.14. The summed E-state index contributed by atoms with van der Waals surface area (Å²) < 4.78 is 23.3. The standard InChI is InChI=1S/C12H15N3O5S/c13-10-4-3-8(6-11(10)15(17)18)12(16)14-7-9-2-1-5-21(9,19)20/h3-4,6,9H,1-2,5,7,13H2,(H,14,16). The van der Waals surface area contributed by atoms with Crippen molar-refractivity contribution in [2.75, 3.05) is 18.0 Å². The van der Waals surface area contributed by atoms with E-state index in [9.17, 15) is 23.3 Å². The fourth-order valence-corrected chi connectivity index (χ4v) is 4.00. The average molecular weight is 313 g/mol. The van der Waals surface area contributed by atoms with Gasteiger partial charge in [0.25, 0.3) is 11.6 Å². The van der Waals surface area contributed by atoms with E-state index in [4.69, 9.17) is 5.73 Å². The topological polar surface area (TPSA) is 132 Å². The van der Waals surface area contributed by atoms with Gasteiger partial charge in [0, 0.05) is 18.2 Å². The number of sulfone groups is 1. The Labute approximate surface area is 121 Å². The van der Waals surface area contributed by atoms with Crippen molar-refractivity contribution in [3.05, 3.63) is 33.9 Å². The molecular formula is C12H15N3O5S. The summed E-state index contributed by atoms with van der Waals surface area (Å²) in [4.78, 5) is 22.0. The van der Waals surface area contributed by atoms with E-state index in [1.54, 1.807) is 0 Å². The molecule has 0 aromatic heterocycles. The Hall–Kier alpha value is -2.16. The molecule has 9 heteroatoms. The summed E-state index contributed by atoms with van der Waals surface area (Å²) in [6.07, 6.45) is 1.11. The van der Waals surface area contributed by atoms with Gasteiger partial charge in [-0.05, 0) is 25.0 Å². The van der Waals surface area contributed by atoms with Gasteiger partial charge in [-0.2, -0.15) is 0 Å². The van der Waals surface area contributed by atoms with Crippen LogP contribution in [-0.2, 0) is 9.84 Å². The Kier molecular flexibility index (Phi) is 4.12. The zero-order chi connectivity index (χ0) is 15.6. The number of rotatable bonds is 4. The Morgan fingerprint density at radius 3 is 2.76 bits per heavy atom. The number of hydrogen-bond donors (Lipinski definition) is 2. The SMILES string of the molecule is Nc1ccc(C(=O)NCC2CCCS2(=O)=O)cc1[N+](=O)[O-]. The zero-order valence-corrected chi connectivity index (χ0v) is 11.9. The van der Waals surface area contributed by atoms with Gasteiger partial charge >= 0.3 is 0 Å². The molecular weight excluding hydrogens is 298 g/mol. The lowest BCUT2D eigenvalue weighted by molar-refractivity contribution is -0.383. The van der Waals surface area contributed by atoms with Crippen molar-refractivity contribution in [3.8, 4) is 0 Å². The molecule has 0 spiro atoms. The first kappa shape index (κ1) is 15.2. The van der Waals surface area contributed by atoms with Gasteiger partial charge in [-0.3, -0.25) is 14.9 Å². The predicted molar refractivity (Wildman–Crippen MR) is 76.7 cm³/mol. The largest absolute Gasteiger partial charge is 0.393 e. The Morgan fingerprint density at radius 1 is 1.48 bits per heavy atom. The lowest BCUT2D eigenvalue weighted by Crippen LogP contribution is -2.34. The van der Waals surface area contributed by atoms with E-state index in [0.717, 1.165) is 6.07 Å². The second-order valence-electron chi connectivity index (χ2n) is 4.87. The molecule has 114 valence electrons. The molecule has 3 N–H and O–H groups in total. The maximum Gasteiger partial charge on any atom is 0.292 e. The van der Waals surface area contributed by atoms with Crippen molar-refractivity contribution in [3.63, 3.8) is 0 Å². The number of nitrogens with two attached hydrogens (primary N) is 1. The van der Waals surface area contributed by atoms with Crippen LogP contribution in [0.3, 0.4) is 0 Å². The number of carbonyl (C=O) groups excluding carboxylic acids is 1. The van der Waals surface area contributed by atoms with Crippen molar-refractivity contribution in [1.29, 1.82) is 0 Å². The fourth-order valence-electron chi connectivity index (χ4n) is 2.24. The highest BCUT2D eigenvalue weighted by Crippen LogP contribution is 2.23. The molecule has 1 fully saturated rings. The molecule has 0 saturated carbocycles. The first-order chi connectivity index (χ1) is 9.81. The van der Waals surface area contributed by atoms with E-state index >= 15 is 0 Å². The minimum absolute atomic E-state index is 0.0132. The quantitative estimate of drug-likeness (QED) is 0.472. The van der Waals surface area contributed by atoms with Crippen LogP contribution >= 0.6 is 0 Å². The van der Waals surface area contributed by atoms with Crippen LogP contribution in [0.4, 0.5) is 11.4 Å². The number of benzene rings is 1. The molecule has 0 bridgehead atoms. The van der Waals surface area contributed by atoms with Crippen LogP contribution in [-0.4, -0.2) is 36.8 Å². The van der Waals surface area contributed by atoms with Crippen LogP contribution in [0, 0.1) is 10.1 Å². The van der Waals surface area contributed by atoms with Crippen molar-refractivity contribution in [2.45, 2.75) is 18.1 Å². The maximum atomic E-state index is 11.9. The number of nitrogens with one attached hydrogen (secondary N) is 1. The normalized spacial score (nSPS) is 20.1. The van der Waals surface area contributed by atoms with E-state index in [1.165, 1.54) is 12.1 Å². The first-order valence-corrected chi connectivity index (χ1v) is 8.06. The highest BCUT2D eigenvalue weighted by Gasteiger charge is 2.31. The van der Waals surface area contributed by atoms with Gasteiger partial charge in [-0.25, -0.2) is 8.42 Å².